The molecule has 0 aliphatic carbocycles. The van der Waals surface area contributed by atoms with Gasteiger partial charge in [0.15, 0.2) is 9.84 Å². The Balaban J connectivity index is 1.93. The van der Waals surface area contributed by atoms with E-state index in [1.807, 2.05) is 4.90 Å². The zero-order valence-electron chi connectivity index (χ0n) is 25.5. The minimum atomic E-state index is -4.76. The summed E-state index contributed by atoms with van der Waals surface area (Å²) in [6, 6.07) is 5.92. The van der Waals surface area contributed by atoms with Crippen LogP contribution in [0.25, 0.3) is 0 Å². The van der Waals surface area contributed by atoms with Crippen LogP contribution in [0.3, 0.4) is 0 Å². The first-order chi connectivity index (χ1) is 19.7. The largest absolute Gasteiger partial charge is 0.444 e. The van der Waals surface area contributed by atoms with Gasteiger partial charge in [0, 0.05) is 43.8 Å². The Morgan fingerprint density at radius 1 is 1.12 bits per heavy atom. The predicted octanol–water partition coefficient (Wildman–Crippen LogP) is 6.57. The van der Waals surface area contributed by atoms with E-state index in [2.05, 4.69) is 0 Å². The summed E-state index contributed by atoms with van der Waals surface area (Å²) in [5.74, 6) is -1.05. The number of piperidine rings is 1. The lowest BCUT2D eigenvalue weighted by molar-refractivity contribution is -0.138. The van der Waals surface area contributed by atoms with E-state index in [1.165, 1.54) is 50.1 Å². The van der Waals surface area contributed by atoms with Crippen LogP contribution in [0.15, 0.2) is 35.2 Å². The Morgan fingerprint density at radius 2 is 1.77 bits per heavy atom. The minimum Gasteiger partial charge on any atom is -0.444 e. The molecule has 0 bridgehead atoms. The van der Waals surface area contributed by atoms with Gasteiger partial charge in [-0.25, -0.2) is 13.2 Å². The Morgan fingerprint density at radius 3 is 2.35 bits per heavy atom. The number of likely N-dealkylation sites (tertiary alicyclic amines) is 1. The second kappa shape index (κ2) is 13.0. The number of hydrogen-bond donors (Lipinski definition) is 0. The van der Waals surface area contributed by atoms with E-state index < -0.39 is 39.2 Å². The van der Waals surface area contributed by atoms with Crippen LogP contribution in [0.2, 0.25) is 5.02 Å². The summed E-state index contributed by atoms with van der Waals surface area (Å²) in [4.78, 5) is 30.3. The molecule has 43 heavy (non-hydrogen) atoms. The third-order valence-electron chi connectivity index (χ3n) is 7.42. The molecule has 2 aromatic rings. The van der Waals surface area contributed by atoms with Crippen molar-refractivity contribution in [3.8, 4) is 0 Å². The fourth-order valence-electron chi connectivity index (χ4n) is 5.07. The van der Waals surface area contributed by atoms with E-state index in [4.69, 9.17) is 16.3 Å². The molecule has 0 radical (unpaired) electrons. The standard InChI is InChI=1S/C30H39ClF3N3O5S/c1-8-43(40,41)26-12-11-21(31)16-25(26)36(7)27(38)20-14-19(2)23(24(15-20)30(32,33)34)18-37-13-9-10-22(17-37)35(6)28(39)42-29(3,4)5/h11-12,14-16,22H,8-10,13,17-18H2,1-7H3/t22-/m0/s1. The molecule has 0 saturated carbocycles. The number of halogens is 4. The molecule has 0 spiro atoms. The van der Waals surface area contributed by atoms with E-state index in [0.29, 0.717) is 25.9 Å². The molecule has 0 N–H and O–H groups in total. The second-order valence-corrected chi connectivity index (χ2v) is 14.5. The molecular formula is C30H39ClF3N3O5S. The summed E-state index contributed by atoms with van der Waals surface area (Å²) in [7, 11) is -0.837. The third kappa shape index (κ3) is 8.42. The van der Waals surface area contributed by atoms with Gasteiger partial charge in [-0.2, -0.15) is 13.2 Å². The first kappa shape index (κ1) is 34.7. The van der Waals surface area contributed by atoms with E-state index in [9.17, 15) is 31.2 Å². The van der Waals surface area contributed by atoms with Gasteiger partial charge in [-0.1, -0.05) is 18.5 Å². The number of likely N-dealkylation sites (N-methyl/N-ethyl adjacent to an activating group) is 1. The van der Waals surface area contributed by atoms with Gasteiger partial charge in [0.2, 0.25) is 0 Å². The lowest BCUT2D eigenvalue weighted by Crippen LogP contribution is -2.49. The summed E-state index contributed by atoms with van der Waals surface area (Å²) < 4.78 is 74.1. The number of anilines is 1. The van der Waals surface area contributed by atoms with E-state index in [-0.39, 0.29) is 50.6 Å². The van der Waals surface area contributed by atoms with Gasteiger partial charge in [-0.05, 0) is 88.5 Å². The van der Waals surface area contributed by atoms with Crippen molar-refractivity contribution >= 4 is 39.1 Å². The number of rotatable bonds is 7. The van der Waals surface area contributed by atoms with Crippen LogP contribution in [0.4, 0.5) is 23.7 Å². The summed E-state index contributed by atoms with van der Waals surface area (Å²) in [5.41, 5.74) is -1.59. The number of carbonyl (C=O) groups is 2. The molecule has 1 aliphatic heterocycles. The highest BCUT2D eigenvalue weighted by molar-refractivity contribution is 7.91. The number of hydrogen-bond acceptors (Lipinski definition) is 6. The number of amides is 2. The molecule has 3 rings (SSSR count). The Labute approximate surface area is 256 Å². The van der Waals surface area contributed by atoms with E-state index in [1.54, 1.807) is 27.8 Å². The van der Waals surface area contributed by atoms with Crippen molar-refractivity contribution in [3.63, 3.8) is 0 Å². The maximum atomic E-state index is 14.4. The molecule has 8 nitrogen and oxygen atoms in total. The molecule has 0 aromatic heterocycles. The van der Waals surface area contributed by atoms with Crippen LogP contribution in [-0.4, -0.2) is 74.8 Å². The number of ether oxygens (including phenoxy) is 1. The average molecular weight is 646 g/mol. The van der Waals surface area contributed by atoms with Crippen molar-refractivity contribution in [2.45, 2.75) is 76.7 Å². The number of nitrogens with zero attached hydrogens (tertiary/aromatic N) is 3. The number of aryl methyl sites for hydroxylation is 1. The number of alkyl halides is 3. The second-order valence-electron chi connectivity index (χ2n) is 11.8. The van der Waals surface area contributed by atoms with Gasteiger partial charge in [0.25, 0.3) is 5.91 Å². The summed E-state index contributed by atoms with van der Waals surface area (Å²) in [5, 5.41) is 0.171. The Bertz CT molecular complexity index is 1470. The van der Waals surface area contributed by atoms with Gasteiger partial charge >= 0.3 is 12.3 Å². The molecule has 13 heteroatoms. The van der Waals surface area contributed by atoms with E-state index >= 15 is 0 Å². The lowest BCUT2D eigenvalue weighted by Gasteiger charge is -2.38. The molecular weight excluding hydrogens is 607 g/mol. The fraction of sp³-hybridized carbons (Fsp3) is 0.533. The minimum absolute atomic E-state index is 0.0249. The summed E-state index contributed by atoms with van der Waals surface area (Å²) in [6.07, 6.45) is -3.88. The van der Waals surface area contributed by atoms with Gasteiger partial charge in [0.05, 0.1) is 21.9 Å². The highest BCUT2D eigenvalue weighted by Gasteiger charge is 2.37. The quantitative estimate of drug-likeness (QED) is 0.339. The van der Waals surface area contributed by atoms with Crippen molar-refractivity contribution in [1.82, 2.24) is 9.80 Å². The molecule has 0 unspecified atom stereocenters. The lowest BCUT2D eigenvalue weighted by atomic mass is 9.95. The van der Waals surface area contributed by atoms with Gasteiger partial charge in [-0.15, -0.1) is 0 Å². The first-order valence-corrected chi connectivity index (χ1v) is 16.0. The van der Waals surface area contributed by atoms with Crippen LogP contribution < -0.4 is 4.90 Å². The van der Waals surface area contributed by atoms with Crippen molar-refractivity contribution in [2.24, 2.45) is 0 Å². The van der Waals surface area contributed by atoms with Gasteiger partial charge in [-0.3, -0.25) is 9.69 Å². The molecule has 238 valence electrons. The number of sulfone groups is 1. The zero-order valence-corrected chi connectivity index (χ0v) is 27.1. The maximum absolute atomic E-state index is 14.4. The topological polar surface area (TPSA) is 87.2 Å². The zero-order chi connectivity index (χ0) is 32.5. The highest BCUT2D eigenvalue weighted by atomic mass is 35.5. The van der Waals surface area contributed by atoms with Crippen molar-refractivity contribution in [2.75, 3.05) is 37.8 Å². The number of carbonyl (C=O) groups excluding carboxylic acids is 2. The van der Waals surface area contributed by atoms with Crippen LogP contribution in [0.5, 0.6) is 0 Å². The van der Waals surface area contributed by atoms with E-state index in [0.717, 1.165) is 11.0 Å². The van der Waals surface area contributed by atoms with Crippen LogP contribution in [0.1, 0.15) is 67.6 Å². The first-order valence-electron chi connectivity index (χ1n) is 13.9. The molecule has 1 heterocycles. The smallest absolute Gasteiger partial charge is 0.416 e. The highest BCUT2D eigenvalue weighted by Crippen LogP contribution is 2.37. The molecule has 1 fully saturated rings. The average Bonchev–Trinajstić information content (AvgIpc) is 2.91. The summed E-state index contributed by atoms with van der Waals surface area (Å²) >= 11 is 6.09. The van der Waals surface area contributed by atoms with Crippen LogP contribution in [0, 0.1) is 6.92 Å². The summed E-state index contributed by atoms with van der Waals surface area (Å²) in [6.45, 7) is 9.13. The molecule has 2 aromatic carbocycles. The fourth-order valence-corrected chi connectivity index (χ4v) is 6.34. The van der Waals surface area contributed by atoms with Crippen LogP contribution in [-0.2, 0) is 27.3 Å². The monoisotopic (exact) mass is 645 g/mol. The van der Waals surface area contributed by atoms with Crippen molar-refractivity contribution < 1.29 is 35.9 Å². The molecule has 1 aliphatic rings. The van der Waals surface area contributed by atoms with Gasteiger partial charge < -0.3 is 14.5 Å². The number of benzene rings is 2. The molecule has 1 saturated heterocycles. The third-order valence-corrected chi connectivity index (χ3v) is 9.43. The SMILES string of the molecule is CCS(=O)(=O)c1ccc(Cl)cc1N(C)C(=O)c1cc(C)c(CN2CCC[C@H](N(C)C(=O)OC(C)(C)C)C2)c(C(F)(F)F)c1. The molecule has 1 atom stereocenters. The maximum Gasteiger partial charge on any atom is 0.416 e. The predicted molar refractivity (Wildman–Crippen MR) is 160 cm³/mol. The van der Waals surface area contributed by atoms with Crippen molar-refractivity contribution in [1.29, 1.82) is 0 Å². The van der Waals surface area contributed by atoms with Crippen LogP contribution >= 0.6 is 11.6 Å². The van der Waals surface area contributed by atoms with Gasteiger partial charge in [0.1, 0.15) is 5.60 Å². The molecule has 2 amide bonds. The van der Waals surface area contributed by atoms with Crippen molar-refractivity contribution in [3.05, 3.63) is 57.6 Å². The Kier molecular flexibility index (Phi) is 10.5. The Hall–Kier alpha value is -2.83. The normalized spacial score (nSPS) is 16.6.